The summed E-state index contributed by atoms with van der Waals surface area (Å²) in [6.07, 6.45) is 2.79. The monoisotopic (exact) mass is 368 g/mol. The zero-order valence-electron chi connectivity index (χ0n) is 14.0. The normalized spacial score (nSPS) is 19.8. The summed E-state index contributed by atoms with van der Waals surface area (Å²) in [6, 6.07) is 18.8. The van der Waals surface area contributed by atoms with E-state index in [2.05, 4.69) is 58.4 Å². The summed E-state index contributed by atoms with van der Waals surface area (Å²) in [4.78, 5) is 5.83. The molecule has 2 aromatic carbocycles. The summed E-state index contributed by atoms with van der Waals surface area (Å²) in [5, 5.41) is 11.3. The molecule has 4 rings (SSSR count). The van der Waals surface area contributed by atoms with Crippen LogP contribution in [0.5, 0.6) is 0 Å². The highest BCUT2D eigenvalue weighted by Gasteiger charge is 2.38. The van der Waals surface area contributed by atoms with Crippen LogP contribution in [0, 0.1) is 0 Å². The molecule has 0 saturated carbocycles. The first-order valence-corrected chi connectivity index (χ1v) is 9.99. The first-order valence-electron chi connectivity index (χ1n) is 8.36. The molecule has 1 aliphatic rings. The predicted octanol–water partition coefficient (Wildman–Crippen LogP) is 4.12. The maximum absolute atomic E-state index is 10.1. The number of fused-ring (bicyclic) bond motifs is 3. The summed E-state index contributed by atoms with van der Waals surface area (Å²) in [6.45, 7) is 0.0863. The number of thioether (sulfide) groups is 1. The van der Waals surface area contributed by atoms with Crippen LogP contribution in [-0.4, -0.2) is 38.2 Å². The molecule has 1 aliphatic heterocycles. The third-order valence-electron chi connectivity index (χ3n) is 4.94. The SMILES string of the molecule is CSC(=S)N1[C@H](CO)Cc2c([nH]c3ccccc23)[C@@H]1c1ccccc1. The van der Waals surface area contributed by atoms with Gasteiger partial charge in [-0.1, -0.05) is 60.7 Å². The Bertz CT molecular complexity index is 906. The molecule has 3 nitrogen and oxygen atoms in total. The van der Waals surface area contributed by atoms with E-state index >= 15 is 0 Å². The molecule has 128 valence electrons. The van der Waals surface area contributed by atoms with Crippen LogP contribution in [-0.2, 0) is 6.42 Å². The molecule has 0 bridgehead atoms. The number of aliphatic hydroxyl groups excluding tert-OH is 1. The van der Waals surface area contributed by atoms with Crippen LogP contribution < -0.4 is 0 Å². The van der Waals surface area contributed by atoms with Gasteiger partial charge in [0.25, 0.3) is 0 Å². The molecule has 0 fully saturated rings. The number of hydrogen-bond donors (Lipinski definition) is 2. The number of aromatic nitrogens is 1. The second-order valence-electron chi connectivity index (χ2n) is 6.29. The van der Waals surface area contributed by atoms with Crippen molar-refractivity contribution in [1.29, 1.82) is 0 Å². The van der Waals surface area contributed by atoms with Crippen molar-refractivity contribution in [3.63, 3.8) is 0 Å². The average Bonchev–Trinajstić information content (AvgIpc) is 3.04. The lowest BCUT2D eigenvalue weighted by Gasteiger charge is -2.43. The number of benzene rings is 2. The maximum atomic E-state index is 10.1. The van der Waals surface area contributed by atoms with Gasteiger partial charge < -0.3 is 15.0 Å². The molecule has 0 radical (unpaired) electrons. The van der Waals surface area contributed by atoms with Crippen molar-refractivity contribution < 1.29 is 5.11 Å². The second kappa shape index (κ2) is 6.83. The summed E-state index contributed by atoms with van der Waals surface area (Å²) in [5.41, 5.74) is 4.81. The van der Waals surface area contributed by atoms with Crippen molar-refractivity contribution in [3.8, 4) is 0 Å². The number of para-hydroxylation sites is 1. The highest BCUT2D eigenvalue weighted by atomic mass is 32.2. The minimum atomic E-state index is -0.0168. The second-order valence-corrected chi connectivity index (χ2v) is 7.73. The van der Waals surface area contributed by atoms with Gasteiger partial charge in [0, 0.05) is 16.6 Å². The summed E-state index contributed by atoms with van der Waals surface area (Å²) in [5.74, 6) is 0. The van der Waals surface area contributed by atoms with Gasteiger partial charge >= 0.3 is 0 Å². The fourth-order valence-corrected chi connectivity index (χ4v) is 4.55. The minimum Gasteiger partial charge on any atom is -0.394 e. The Kier molecular flexibility index (Phi) is 4.54. The van der Waals surface area contributed by atoms with E-state index in [0.29, 0.717) is 0 Å². The molecule has 3 aromatic rings. The minimum absolute atomic E-state index is 0.00514. The number of nitrogens with zero attached hydrogens (tertiary/aromatic N) is 1. The van der Waals surface area contributed by atoms with Crippen LogP contribution in [0.15, 0.2) is 54.6 Å². The number of aliphatic hydroxyl groups is 1. The summed E-state index contributed by atoms with van der Waals surface area (Å²) < 4.78 is 0.817. The van der Waals surface area contributed by atoms with Gasteiger partial charge in [-0.15, -0.1) is 11.8 Å². The first kappa shape index (κ1) is 16.6. The zero-order valence-corrected chi connectivity index (χ0v) is 15.6. The van der Waals surface area contributed by atoms with Crippen molar-refractivity contribution in [1.82, 2.24) is 9.88 Å². The molecule has 25 heavy (non-hydrogen) atoms. The lowest BCUT2D eigenvalue weighted by atomic mass is 9.89. The Labute approximate surface area is 157 Å². The van der Waals surface area contributed by atoms with E-state index in [9.17, 15) is 5.11 Å². The van der Waals surface area contributed by atoms with Gasteiger partial charge in [-0.3, -0.25) is 0 Å². The van der Waals surface area contributed by atoms with E-state index in [1.54, 1.807) is 11.8 Å². The van der Waals surface area contributed by atoms with Crippen molar-refractivity contribution in [2.24, 2.45) is 0 Å². The van der Waals surface area contributed by atoms with Crippen molar-refractivity contribution in [2.45, 2.75) is 18.5 Å². The Morgan fingerprint density at radius 1 is 1.20 bits per heavy atom. The van der Waals surface area contributed by atoms with Crippen LogP contribution in [0.3, 0.4) is 0 Å². The highest BCUT2D eigenvalue weighted by Crippen LogP contribution is 2.41. The molecular weight excluding hydrogens is 348 g/mol. The van der Waals surface area contributed by atoms with E-state index in [1.165, 1.54) is 22.2 Å². The van der Waals surface area contributed by atoms with Gasteiger partial charge in [-0.05, 0) is 29.9 Å². The molecule has 0 spiro atoms. The molecule has 0 saturated heterocycles. The fourth-order valence-electron chi connectivity index (χ4n) is 3.83. The third-order valence-corrected chi connectivity index (χ3v) is 6.21. The Morgan fingerprint density at radius 2 is 1.92 bits per heavy atom. The van der Waals surface area contributed by atoms with E-state index in [4.69, 9.17) is 12.2 Å². The Balaban J connectivity index is 1.96. The summed E-state index contributed by atoms with van der Waals surface area (Å²) >= 11 is 7.23. The summed E-state index contributed by atoms with van der Waals surface area (Å²) in [7, 11) is 0. The number of nitrogens with one attached hydrogen (secondary N) is 1. The molecule has 2 heterocycles. The number of hydrogen-bond acceptors (Lipinski definition) is 3. The van der Waals surface area contributed by atoms with Gasteiger partial charge in [-0.2, -0.15) is 0 Å². The van der Waals surface area contributed by atoms with E-state index in [0.717, 1.165) is 16.3 Å². The standard InChI is InChI=1S/C20H20N2OS2/c1-25-20(24)22-14(12-23)11-16-15-9-5-6-10-17(15)21-18(16)19(22)13-7-3-2-4-8-13/h2-10,14,19,21,23H,11-12H2,1H3/t14-,19-/m0/s1. The lowest BCUT2D eigenvalue weighted by molar-refractivity contribution is 0.153. The average molecular weight is 369 g/mol. The molecule has 0 amide bonds. The zero-order chi connectivity index (χ0) is 17.4. The van der Waals surface area contributed by atoms with Gasteiger partial charge in [0.1, 0.15) is 4.32 Å². The van der Waals surface area contributed by atoms with Crippen LogP contribution in [0.2, 0.25) is 0 Å². The largest absolute Gasteiger partial charge is 0.394 e. The molecule has 0 aliphatic carbocycles. The van der Waals surface area contributed by atoms with Gasteiger partial charge in [0.15, 0.2) is 0 Å². The fraction of sp³-hybridized carbons (Fsp3) is 0.250. The van der Waals surface area contributed by atoms with Gasteiger partial charge in [0.2, 0.25) is 0 Å². The third kappa shape index (κ3) is 2.76. The quantitative estimate of drug-likeness (QED) is 0.668. The molecule has 5 heteroatoms. The number of aromatic amines is 1. The number of rotatable bonds is 2. The maximum Gasteiger partial charge on any atom is 0.137 e. The smallest absolute Gasteiger partial charge is 0.137 e. The molecule has 2 atom stereocenters. The molecule has 1 aromatic heterocycles. The van der Waals surface area contributed by atoms with E-state index in [1.807, 2.05) is 12.3 Å². The van der Waals surface area contributed by atoms with Crippen LogP contribution in [0.4, 0.5) is 0 Å². The van der Waals surface area contributed by atoms with Gasteiger partial charge in [0.05, 0.1) is 18.7 Å². The van der Waals surface area contributed by atoms with E-state index < -0.39 is 0 Å². The number of thiocarbonyl (C=S) groups is 1. The molecule has 2 N–H and O–H groups in total. The Hall–Kier alpha value is -1.82. The van der Waals surface area contributed by atoms with Crippen LogP contribution >= 0.6 is 24.0 Å². The van der Waals surface area contributed by atoms with Crippen LogP contribution in [0.1, 0.15) is 22.9 Å². The molecular formula is C20H20N2OS2. The molecule has 0 unspecified atom stereocenters. The lowest BCUT2D eigenvalue weighted by Crippen LogP contribution is -2.47. The highest BCUT2D eigenvalue weighted by molar-refractivity contribution is 8.22. The van der Waals surface area contributed by atoms with Crippen molar-refractivity contribution in [2.75, 3.05) is 12.9 Å². The predicted molar refractivity (Wildman–Crippen MR) is 109 cm³/mol. The van der Waals surface area contributed by atoms with Crippen molar-refractivity contribution in [3.05, 3.63) is 71.4 Å². The van der Waals surface area contributed by atoms with E-state index in [-0.39, 0.29) is 18.7 Å². The topological polar surface area (TPSA) is 39.3 Å². The van der Waals surface area contributed by atoms with Gasteiger partial charge in [-0.25, -0.2) is 0 Å². The Morgan fingerprint density at radius 3 is 2.64 bits per heavy atom. The van der Waals surface area contributed by atoms with Crippen LogP contribution in [0.25, 0.3) is 10.9 Å². The first-order chi connectivity index (χ1) is 12.2. The van der Waals surface area contributed by atoms with Crippen molar-refractivity contribution >= 4 is 39.2 Å². The number of H-pyrrole nitrogens is 1.